The molecular formula is C31H23ClN8O3. The number of tetrazole rings is 1. The van der Waals surface area contributed by atoms with Crippen molar-refractivity contribution in [3.8, 4) is 22.6 Å². The number of aromatic hydroxyl groups is 1. The van der Waals surface area contributed by atoms with Crippen LogP contribution < -0.4 is 10.9 Å². The van der Waals surface area contributed by atoms with E-state index in [1.54, 1.807) is 42.6 Å². The maximum absolute atomic E-state index is 13.3. The normalized spacial score (nSPS) is 12.0. The first-order chi connectivity index (χ1) is 20.9. The molecule has 0 fully saturated rings. The average molecular weight is 591 g/mol. The number of aromatic amines is 1. The Kier molecular flexibility index (Phi) is 7.70. The highest BCUT2D eigenvalue weighted by atomic mass is 35.5. The van der Waals surface area contributed by atoms with Gasteiger partial charge in [0.05, 0.1) is 29.1 Å². The number of carbonyl (C=O) groups is 1. The van der Waals surface area contributed by atoms with Gasteiger partial charge in [0.2, 0.25) is 5.91 Å². The zero-order valence-corrected chi connectivity index (χ0v) is 23.2. The van der Waals surface area contributed by atoms with Crippen LogP contribution in [0.3, 0.4) is 0 Å². The Bertz CT molecular complexity index is 2010. The molecule has 0 unspecified atom stereocenters. The summed E-state index contributed by atoms with van der Waals surface area (Å²) in [6.45, 7) is 0. The maximum Gasteiger partial charge on any atom is 0.252 e. The molecule has 0 aliphatic carbocycles. The van der Waals surface area contributed by atoms with Crippen LogP contribution in [0, 0.1) is 0 Å². The van der Waals surface area contributed by atoms with Crippen molar-refractivity contribution in [2.45, 2.75) is 12.5 Å². The van der Waals surface area contributed by atoms with Gasteiger partial charge in [0, 0.05) is 33.7 Å². The van der Waals surface area contributed by atoms with E-state index in [9.17, 15) is 14.7 Å². The monoisotopic (exact) mass is 590 g/mol. The quantitative estimate of drug-likeness (QED) is 0.220. The number of halogens is 1. The van der Waals surface area contributed by atoms with Gasteiger partial charge in [-0.25, -0.2) is 0 Å². The molecule has 1 amide bonds. The van der Waals surface area contributed by atoms with Gasteiger partial charge in [0.25, 0.3) is 5.56 Å². The Morgan fingerprint density at radius 3 is 2.70 bits per heavy atom. The van der Waals surface area contributed by atoms with E-state index in [-0.39, 0.29) is 17.2 Å². The smallest absolute Gasteiger partial charge is 0.252 e. The van der Waals surface area contributed by atoms with E-state index in [0.29, 0.717) is 39.3 Å². The van der Waals surface area contributed by atoms with Crippen LogP contribution in [0.15, 0.2) is 102 Å². The molecule has 43 heavy (non-hydrogen) atoms. The summed E-state index contributed by atoms with van der Waals surface area (Å²) >= 11 is 6.22. The molecule has 3 aromatic carbocycles. The Hall–Kier alpha value is -5.68. The lowest BCUT2D eigenvalue weighted by Crippen LogP contribution is -2.29. The zero-order chi connectivity index (χ0) is 29.8. The molecule has 212 valence electrons. The molecule has 3 heterocycles. The van der Waals surface area contributed by atoms with Crippen molar-refractivity contribution in [1.82, 2.24) is 40.7 Å². The lowest BCUT2D eigenvalue weighted by Gasteiger charge is -2.18. The molecule has 0 saturated heterocycles. The van der Waals surface area contributed by atoms with Crippen LogP contribution >= 0.6 is 11.6 Å². The fraction of sp³-hybridized carbons (Fsp3) is 0.0645. The third-order valence-electron chi connectivity index (χ3n) is 6.78. The molecule has 0 spiro atoms. The summed E-state index contributed by atoms with van der Waals surface area (Å²) in [6, 6.07) is 22.7. The van der Waals surface area contributed by atoms with E-state index in [0.717, 1.165) is 22.8 Å². The lowest BCUT2D eigenvalue weighted by molar-refractivity contribution is -0.117. The summed E-state index contributed by atoms with van der Waals surface area (Å²) in [4.78, 5) is 27.7. The second-order valence-electron chi connectivity index (χ2n) is 9.69. The van der Waals surface area contributed by atoms with Crippen LogP contribution in [-0.4, -0.2) is 46.4 Å². The number of nitrogens with zero attached hydrogens (tertiary/aromatic N) is 6. The Labute approximate surface area is 249 Å². The number of fused-ring (bicyclic) bond motifs is 1. The van der Waals surface area contributed by atoms with Gasteiger partial charge >= 0.3 is 0 Å². The number of aromatic nitrogens is 7. The zero-order valence-electron chi connectivity index (χ0n) is 22.4. The van der Waals surface area contributed by atoms with Crippen molar-refractivity contribution in [1.29, 1.82) is 0 Å². The van der Waals surface area contributed by atoms with Crippen molar-refractivity contribution >= 4 is 34.5 Å². The van der Waals surface area contributed by atoms with Crippen molar-refractivity contribution in [2.75, 3.05) is 0 Å². The first-order valence-electron chi connectivity index (χ1n) is 13.2. The van der Waals surface area contributed by atoms with Crippen LogP contribution in [0.25, 0.3) is 33.8 Å². The summed E-state index contributed by atoms with van der Waals surface area (Å²) in [5.41, 5.74) is 4.46. The predicted octanol–water partition coefficient (Wildman–Crippen LogP) is 4.43. The number of carbonyl (C=O) groups excluding carboxylic acids is 1. The van der Waals surface area contributed by atoms with Gasteiger partial charge in [-0.05, 0) is 70.4 Å². The summed E-state index contributed by atoms with van der Waals surface area (Å²) in [7, 11) is 0. The van der Waals surface area contributed by atoms with E-state index in [1.807, 2.05) is 42.5 Å². The molecule has 3 N–H and O–H groups in total. The SMILES string of the molecule is O=C(C=Cc1cc(Cl)ccc1-n1cnnn1)N[C@@H](Cc1ccccc1)c1cc(-c2ccc3[nH]c(=O)cc(O)c3c2)cnn1. The van der Waals surface area contributed by atoms with Crippen molar-refractivity contribution in [3.63, 3.8) is 0 Å². The highest BCUT2D eigenvalue weighted by Crippen LogP contribution is 2.29. The number of hydrogen-bond acceptors (Lipinski definition) is 8. The fourth-order valence-corrected chi connectivity index (χ4v) is 4.91. The van der Waals surface area contributed by atoms with Gasteiger partial charge < -0.3 is 15.4 Å². The Morgan fingerprint density at radius 1 is 1.02 bits per heavy atom. The van der Waals surface area contributed by atoms with Crippen molar-refractivity contribution < 1.29 is 9.90 Å². The van der Waals surface area contributed by atoms with Crippen LogP contribution in [-0.2, 0) is 11.2 Å². The fourth-order valence-electron chi connectivity index (χ4n) is 4.73. The van der Waals surface area contributed by atoms with Gasteiger partial charge in [0.15, 0.2) is 0 Å². The minimum absolute atomic E-state index is 0.119. The summed E-state index contributed by atoms with van der Waals surface area (Å²) in [6.07, 6.45) is 6.59. The highest BCUT2D eigenvalue weighted by molar-refractivity contribution is 6.30. The van der Waals surface area contributed by atoms with Gasteiger partial charge in [-0.1, -0.05) is 48.0 Å². The van der Waals surface area contributed by atoms with Crippen molar-refractivity contribution in [2.24, 2.45) is 0 Å². The van der Waals surface area contributed by atoms with Gasteiger partial charge in [-0.15, -0.1) is 5.10 Å². The third kappa shape index (κ3) is 6.31. The maximum atomic E-state index is 13.3. The number of amides is 1. The van der Waals surface area contributed by atoms with E-state index >= 15 is 0 Å². The molecule has 1 atom stereocenters. The van der Waals surface area contributed by atoms with E-state index in [1.165, 1.54) is 17.1 Å². The standard InChI is InChI=1S/C31H23ClN8O3/c32-23-8-10-28(40-18-34-38-39-40)21(13-23)7-11-30(42)36-26(12-19-4-2-1-3-5-19)27-15-22(17-33-37-27)20-6-9-25-24(14-20)29(41)16-31(43)35-25/h1-11,13-18,26H,12H2,(H,36,42)(H2,35,41,43)/t26-/m0/s1. The predicted molar refractivity (Wildman–Crippen MR) is 161 cm³/mol. The van der Waals surface area contributed by atoms with Gasteiger partial charge in [0.1, 0.15) is 12.1 Å². The largest absolute Gasteiger partial charge is 0.507 e. The summed E-state index contributed by atoms with van der Waals surface area (Å²) in [5, 5.41) is 34.2. The van der Waals surface area contributed by atoms with Crippen LogP contribution in [0.5, 0.6) is 5.75 Å². The van der Waals surface area contributed by atoms with E-state index in [2.05, 4.69) is 36.0 Å². The van der Waals surface area contributed by atoms with E-state index in [4.69, 9.17) is 11.6 Å². The molecule has 6 rings (SSSR count). The lowest BCUT2D eigenvalue weighted by atomic mass is 9.99. The molecule has 0 aliphatic heterocycles. The second-order valence-corrected chi connectivity index (χ2v) is 10.1. The first-order valence-corrected chi connectivity index (χ1v) is 13.6. The van der Waals surface area contributed by atoms with Crippen LogP contribution in [0.2, 0.25) is 5.02 Å². The first kappa shape index (κ1) is 27.5. The summed E-state index contributed by atoms with van der Waals surface area (Å²) in [5.74, 6) is -0.470. The third-order valence-corrected chi connectivity index (χ3v) is 7.02. The van der Waals surface area contributed by atoms with Gasteiger partial charge in [-0.3, -0.25) is 9.59 Å². The Balaban J connectivity index is 1.31. The van der Waals surface area contributed by atoms with Gasteiger partial charge in [-0.2, -0.15) is 14.9 Å². The summed E-state index contributed by atoms with van der Waals surface area (Å²) < 4.78 is 1.48. The number of pyridine rings is 1. The van der Waals surface area contributed by atoms with Crippen LogP contribution in [0.1, 0.15) is 22.9 Å². The van der Waals surface area contributed by atoms with Crippen LogP contribution in [0.4, 0.5) is 0 Å². The number of nitrogens with one attached hydrogen (secondary N) is 2. The topological polar surface area (TPSA) is 152 Å². The van der Waals surface area contributed by atoms with E-state index < -0.39 is 6.04 Å². The average Bonchev–Trinajstić information content (AvgIpc) is 3.55. The Morgan fingerprint density at radius 2 is 1.88 bits per heavy atom. The molecule has 11 nitrogen and oxygen atoms in total. The minimum Gasteiger partial charge on any atom is -0.507 e. The minimum atomic E-state index is -0.518. The second kappa shape index (κ2) is 12.0. The molecule has 12 heteroatoms. The number of rotatable bonds is 8. The number of benzene rings is 3. The molecule has 0 radical (unpaired) electrons. The molecule has 0 saturated carbocycles. The molecular weight excluding hydrogens is 568 g/mol. The molecule has 0 aliphatic rings. The number of hydrogen-bond donors (Lipinski definition) is 3. The number of H-pyrrole nitrogens is 1. The highest BCUT2D eigenvalue weighted by Gasteiger charge is 2.18. The molecule has 0 bridgehead atoms. The van der Waals surface area contributed by atoms with Crippen molar-refractivity contribution in [3.05, 3.63) is 130 Å². The molecule has 6 aromatic rings. The molecule has 3 aromatic heterocycles.